The molecule has 1 aliphatic carbocycles. The predicted molar refractivity (Wildman–Crippen MR) is 142 cm³/mol. The Bertz CT molecular complexity index is 1460. The van der Waals surface area contributed by atoms with Crippen LogP contribution in [0, 0.1) is 0 Å². The Morgan fingerprint density at radius 1 is 1.11 bits per heavy atom. The van der Waals surface area contributed by atoms with Crippen molar-refractivity contribution in [1.82, 2.24) is 13.9 Å². The second-order valence-electron chi connectivity index (χ2n) is 9.82. The first kappa shape index (κ1) is 24.9. The van der Waals surface area contributed by atoms with E-state index in [0.717, 1.165) is 34.4 Å². The predicted octanol–water partition coefficient (Wildman–Crippen LogP) is 3.66. The first-order valence-corrected chi connectivity index (χ1v) is 12.9. The SMILES string of the molecule is COc1c(-c2ccc3c(c2)CC=C3CN(C)S(C)=O)cc(-n2ccc(=O)[nH]c2=O)cc1C(C)(C)C. The Kier molecular flexibility index (Phi) is 6.71. The van der Waals surface area contributed by atoms with Crippen LogP contribution in [0.1, 0.15) is 37.5 Å². The molecule has 0 amide bonds. The van der Waals surface area contributed by atoms with Gasteiger partial charge in [-0.15, -0.1) is 0 Å². The Balaban J connectivity index is 1.86. The zero-order chi connectivity index (χ0) is 25.5. The van der Waals surface area contributed by atoms with E-state index < -0.39 is 22.2 Å². The standard InChI is InChI=1S/C27H31N3O4S/c1-27(2,3)23-15-20(30-12-11-24(31)28-26(30)32)14-22(25(23)34-5)18-9-10-21-17(13-18)7-8-19(21)16-29(4)35(6)33/h8-15H,7,16H2,1-6H3,(H,28,31,32). The largest absolute Gasteiger partial charge is 0.496 e. The number of allylic oxidation sites excluding steroid dienone is 1. The lowest BCUT2D eigenvalue weighted by Crippen LogP contribution is -2.27. The van der Waals surface area contributed by atoms with Crippen molar-refractivity contribution < 1.29 is 8.95 Å². The van der Waals surface area contributed by atoms with Gasteiger partial charge in [-0.25, -0.2) is 13.3 Å². The Labute approximate surface area is 207 Å². The smallest absolute Gasteiger partial charge is 0.332 e. The fraction of sp³-hybridized carbons (Fsp3) is 0.333. The second-order valence-corrected chi connectivity index (χ2v) is 11.3. The number of hydrogen-bond donors (Lipinski definition) is 1. The molecule has 1 heterocycles. The highest BCUT2D eigenvalue weighted by Gasteiger charge is 2.25. The van der Waals surface area contributed by atoms with Gasteiger partial charge < -0.3 is 4.74 Å². The summed E-state index contributed by atoms with van der Waals surface area (Å²) in [5.74, 6) is 0.756. The average Bonchev–Trinajstić information content (AvgIpc) is 3.19. The molecule has 0 radical (unpaired) electrons. The minimum absolute atomic E-state index is 0.256. The van der Waals surface area contributed by atoms with Gasteiger partial charge in [-0.1, -0.05) is 45.0 Å². The molecule has 1 aliphatic rings. The minimum Gasteiger partial charge on any atom is -0.496 e. The van der Waals surface area contributed by atoms with E-state index in [2.05, 4.69) is 50.0 Å². The highest BCUT2D eigenvalue weighted by atomic mass is 32.2. The summed E-state index contributed by atoms with van der Waals surface area (Å²) in [6.45, 7) is 6.92. The molecule has 1 unspecified atom stereocenters. The van der Waals surface area contributed by atoms with E-state index in [0.29, 0.717) is 12.2 Å². The van der Waals surface area contributed by atoms with Crippen LogP contribution in [-0.4, -0.2) is 45.0 Å². The van der Waals surface area contributed by atoms with Crippen LogP contribution in [0.15, 0.2) is 58.3 Å². The van der Waals surface area contributed by atoms with Crippen molar-refractivity contribution in [1.29, 1.82) is 0 Å². The minimum atomic E-state index is -1.03. The third-order valence-electron chi connectivity index (χ3n) is 6.35. The number of H-pyrrole nitrogens is 1. The molecule has 2 aromatic carbocycles. The fourth-order valence-electron chi connectivity index (χ4n) is 4.43. The Morgan fingerprint density at radius 2 is 1.86 bits per heavy atom. The molecular formula is C27H31N3O4S. The molecule has 4 rings (SSSR count). The molecule has 0 saturated carbocycles. The van der Waals surface area contributed by atoms with Crippen molar-refractivity contribution in [2.24, 2.45) is 0 Å². The lowest BCUT2D eigenvalue weighted by Gasteiger charge is -2.26. The first-order chi connectivity index (χ1) is 16.5. The molecule has 0 spiro atoms. The molecule has 8 heteroatoms. The summed E-state index contributed by atoms with van der Waals surface area (Å²) in [5, 5.41) is 0. The maximum atomic E-state index is 12.6. The van der Waals surface area contributed by atoms with Gasteiger partial charge >= 0.3 is 5.69 Å². The van der Waals surface area contributed by atoms with Gasteiger partial charge in [0.25, 0.3) is 5.56 Å². The van der Waals surface area contributed by atoms with Crippen LogP contribution in [0.5, 0.6) is 5.75 Å². The van der Waals surface area contributed by atoms with Crippen LogP contribution >= 0.6 is 0 Å². The molecule has 0 saturated heterocycles. The molecule has 3 aromatic rings. The molecule has 0 fully saturated rings. The molecule has 0 bridgehead atoms. The van der Waals surface area contributed by atoms with Gasteiger partial charge in [0.2, 0.25) is 0 Å². The molecule has 35 heavy (non-hydrogen) atoms. The van der Waals surface area contributed by atoms with Gasteiger partial charge in [-0.3, -0.25) is 14.3 Å². The van der Waals surface area contributed by atoms with E-state index in [-0.39, 0.29) is 5.41 Å². The third kappa shape index (κ3) is 4.94. The summed E-state index contributed by atoms with van der Waals surface area (Å²) in [6.07, 6.45) is 6.16. The molecule has 184 valence electrons. The molecule has 7 nitrogen and oxygen atoms in total. The zero-order valence-corrected chi connectivity index (χ0v) is 21.8. The van der Waals surface area contributed by atoms with E-state index in [4.69, 9.17) is 4.74 Å². The number of rotatable bonds is 6. The Morgan fingerprint density at radius 3 is 2.49 bits per heavy atom. The van der Waals surface area contributed by atoms with Crippen molar-refractivity contribution in [2.75, 3.05) is 27.0 Å². The molecule has 0 aliphatic heterocycles. The van der Waals surface area contributed by atoms with Crippen LogP contribution in [-0.2, 0) is 22.8 Å². The highest BCUT2D eigenvalue weighted by Crippen LogP contribution is 2.42. The number of hydrogen-bond acceptors (Lipinski definition) is 4. The van der Waals surface area contributed by atoms with Gasteiger partial charge in [0.05, 0.1) is 23.8 Å². The lowest BCUT2D eigenvalue weighted by atomic mass is 9.83. The zero-order valence-electron chi connectivity index (χ0n) is 21.0. The number of nitrogens with zero attached hydrogens (tertiary/aromatic N) is 2. The van der Waals surface area contributed by atoms with Gasteiger partial charge in [0, 0.05) is 43.2 Å². The maximum absolute atomic E-state index is 12.6. The normalized spacial score (nSPS) is 14.1. The Hall–Kier alpha value is -3.23. The quantitative estimate of drug-likeness (QED) is 0.568. The summed E-state index contributed by atoms with van der Waals surface area (Å²) in [4.78, 5) is 26.5. The number of aromatic amines is 1. The number of likely N-dealkylation sites (N-methyl/N-ethyl adjacent to an activating group) is 1. The number of nitrogens with one attached hydrogen (secondary N) is 1. The summed E-state index contributed by atoms with van der Waals surface area (Å²) in [7, 11) is 2.48. The van der Waals surface area contributed by atoms with Crippen molar-refractivity contribution >= 4 is 16.6 Å². The van der Waals surface area contributed by atoms with Crippen molar-refractivity contribution in [3.05, 3.63) is 86.2 Å². The van der Waals surface area contributed by atoms with E-state index >= 15 is 0 Å². The number of ether oxygens (including phenoxy) is 1. The summed E-state index contributed by atoms with van der Waals surface area (Å²) in [5.41, 5.74) is 5.80. The summed E-state index contributed by atoms with van der Waals surface area (Å²) in [6, 6.07) is 11.5. The molecule has 1 aromatic heterocycles. The third-order valence-corrected chi connectivity index (χ3v) is 7.36. The van der Waals surface area contributed by atoms with Crippen LogP contribution in [0.4, 0.5) is 0 Å². The van der Waals surface area contributed by atoms with E-state index in [9.17, 15) is 13.8 Å². The number of aromatic nitrogens is 2. The molecule has 1 atom stereocenters. The van der Waals surface area contributed by atoms with Gasteiger partial charge in [-0.2, -0.15) is 0 Å². The van der Waals surface area contributed by atoms with Crippen LogP contribution < -0.4 is 16.0 Å². The number of benzene rings is 2. The van der Waals surface area contributed by atoms with Gasteiger partial charge in [0.1, 0.15) is 5.75 Å². The number of methoxy groups -OCH3 is 1. The number of fused-ring (bicyclic) bond motifs is 1. The molecule has 1 N–H and O–H groups in total. The van der Waals surface area contributed by atoms with Gasteiger partial charge in [0.15, 0.2) is 0 Å². The highest BCUT2D eigenvalue weighted by molar-refractivity contribution is 7.81. The first-order valence-electron chi connectivity index (χ1n) is 11.4. The fourth-order valence-corrected chi connectivity index (χ4v) is 4.75. The van der Waals surface area contributed by atoms with E-state index in [1.54, 1.807) is 13.4 Å². The second kappa shape index (κ2) is 9.43. The van der Waals surface area contributed by atoms with Crippen LogP contribution in [0.2, 0.25) is 0 Å². The van der Waals surface area contributed by atoms with E-state index in [1.165, 1.54) is 28.0 Å². The monoisotopic (exact) mass is 493 g/mol. The van der Waals surface area contributed by atoms with Gasteiger partial charge in [-0.05, 0) is 46.2 Å². The van der Waals surface area contributed by atoms with Crippen molar-refractivity contribution in [2.45, 2.75) is 32.6 Å². The van der Waals surface area contributed by atoms with Crippen molar-refractivity contribution in [3.8, 4) is 22.6 Å². The van der Waals surface area contributed by atoms with Crippen molar-refractivity contribution in [3.63, 3.8) is 0 Å². The maximum Gasteiger partial charge on any atom is 0.332 e. The summed E-state index contributed by atoms with van der Waals surface area (Å²) >= 11 is 0. The topological polar surface area (TPSA) is 84.4 Å². The summed E-state index contributed by atoms with van der Waals surface area (Å²) < 4.78 is 21.0. The van der Waals surface area contributed by atoms with Crippen LogP contribution in [0.25, 0.3) is 22.4 Å². The lowest BCUT2D eigenvalue weighted by molar-refractivity contribution is 0.399. The van der Waals surface area contributed by atoms with Crippen LogP contribution in [0.3, 0.4) is 0 Å². The molecular weight excluding hydrogens is 462 g/mol. The van der Waals surface area contributed by atoms with E-state index in [1.807, 2.05) is 23.5 Å². The average molecular weight is 494 g/mol.